The molecule has 2 aromatic carbocycles. The minimum atomic E-state index is -0.282. The number of carbonyl (C=O) groups excluding carboxylic acids is 1. The van der Waals surface area contributed by atoms with Crippen molar-refractivity contribution in [3.8, 4) is 5.75 Å². The molecule has 3 rings (SSSR count). The SMILES string of the molecule is CCOc1ccc(CN2CCC[C@@H](CCC(=O)Nc3ccc(F)cc3C)C2)cc1. The topological polar surface area (TPSA) is 41.6 Å². The van der Waals surface area contributed by atoms with E-state index in [0.29, 0.717) is 24.6 Å². The highest BCUT2D eigenvalue weighted by molar-refractivity contribution is 5.91. The van der Waals surface area contributed by atoms with Crippen LogP contribution in [0.15, 0.2) is 42.5 Å². The van der Waals surface area contributed by atoms with Crippen molar-refractivity contribution in [1.82, 2.24) is 4.90 Å². The van der Waals surface area contributed by atoms with Crippen LogP contribution in [0.3, 0.4) is 0 Å². The Kier molecular flexibility index (Phi) is 7.64. The lowest BCUT2D eigenvalue weighted by molar-refractivity contribution is -0.116. The Hall–Kier alpha value is -2.40. The van der Waals surface area contributed by atoms with Gasteiger partial charge in [0.05, 0.1) is 6.61 Å². The van der Waals surface area contributed by atoms with Gasteiger partial charge in [0.1, 0.15) is 11.6 Å². The van der Waals surface area contributed by atoms with Crippen LogP contribution in [0.1, 0.15) is 43.7 Å². The second-order valence-electron chi connectivity index (χ2n) is 7.87. The molecule has 2 aromatic rings. The molecule has 0 saturated carbocycles. The normalized spacial score (nSPS) is 17.1. The Morgan fingerprint density at radius 3 is 2.76 bits per heavy atom. The number of nitrogens with one attached hydrogen (secondary N) is 1. The molecule has 4 nitrogen and oxygen atoms in total. The number of ether oxygens (including phenoxy) is 1. The average Bonchev–Trinajstić information content (AvgIpc) is 2.71. The van der Waals surface area contributed by atoms with Gasteiger partial charge in [0.2, 0.25) is 5.91 Å². The Bertz CT molecular complexity index is 807. The van der Waals surface area contributed by atoms with Crippen molar-refractivity contribution >= 4 is 11.6 Å². The molecule has 1 amide bonds. The fourth-order valence-corrected chi connectivity index (χ4v) is 3.96. The summed E-state index contributed by atoms with van der Waals surface area (Å²) in [5.41, 5.74) is 2.73. The van der Waals surface area contributed by atoms with Crippen molar-refractivity contribution in [3.63, 3.8) is 0 Å². The number of rotatable bonds is 8. The maximum absolute atomic E-state index is 13.2. The van der Waals surface area contributed by atoms with Gasteiger partial charge in [0.25, 0.3) is 0 Å². The van der Waals surface area contributed by atoms with Crippen LogP contribution in [0.25, 0.3) is 0 Å². The molecule has 0 radical (unpaired) electrons. The molecule has 1 N–H and O–H groups in total. The highest BCUT2D eigenvalue weighted by Crippen LogP contribution is 2.24. The standard InChI is InChI=1S/C24H31FN2O2/c1-3-29-22-10-6-20(7-11-22)17-27-14-4-5-19(16-27)8-13-24(28)26-23-12-9-21(25)15-18(23)2/h6-7,9-12,15,19H,3-5,8,13-14,16-17H2,1-2H3,(H,26,28)/t19-/m0/s1. The molecule has 0 spiro atoms. The first-order chi connectivity index (χ1) is 14.0. The van der Waals surface area contributed by atoms with Gasteiger partial charge in [-0.05, 0) is 87.0 Å². The molecular weight excluding hydrogens is 367 g/mol. The number of carbonyl (C=O) groups is 1. The second kappa shape index (κ2) is 10.4. The highest BCUT2D eigenvalue weighted by Gasteiger charge is 2.21. The van der Waals surface area contributed by atoms with Gasteiger partial charge < -0.3 is 10.1 Å². The van der Waals surface area contributed by atoms with Crippen LogP contribution in [0.2, 0.25) is 0 Å². The van der Waals surface area contributed by atoms with E-state index in [4.69, 9.17) is 4.74 Å². The lowest BCUT2D eigenvalue weighted by atomic mass is 9.93. The largest absolute Gasteiger partial charge is 0.494 e. The molecular formula is C24H31FN2O2. The van der Waals surface area contributed by atoms with Crippen LogP contribution in [0.4, 0.5) is 10.1 Å². The van der Waals surface area contributed by atoms with Gasteiger partial charge in [-0.15, -0.1) is 0 Å². The predicted molar refractivity (Wildman–Crippen MR) is 115 cm³/mol. The zero-order chi connectivity index (χ0) is 20.6. The summed E-state index contributed by atoms with van der Waals surface area (Å²) in [6.45, 7) is 7.54. The number of anilines is 1. The summed E-state index contributed by atoms with van der Waals surface area (Å²) in [6, 6.07) is 12.8. The molecule has 0 bridgehead atoms. The molecule has 1 fully saturated rings. The summed E-state index contributed by atoms with van der Waals surface area (Å²) >= 11 is 0. The van der Waals surface area contributed by atoms with Gasteiger partial charge in [0.15, 0.2) is 0 Å². The highest BCUT2D eigenvalue weighted by atomic mass is 19.1. The maximum atomic E-state index is 13.2. The molecule has 0 unspecified atom stereocenters. The van der Waals surface area contributed by atoms with Crippen LogP contribution < -0.4 is 10.1 Å². The van der Waals surface area contributed by atoms with Crippen LogP contribution >= 0.6 is 0 Å². The van der Waals surface area contributed by atoms with Gasteiger partial charge in [0, 0.05) is 25.2 Å². The van der Waals surface area contributed by atoms with Gasteiger partial charge >= 0.3 is 0 Å². The first-order valence-corrected chi connectivity index (χ1v) is 10.5. The first-order valence-electron chi connectivity index (χ1n) is 10.5. The van der Waals surface area contributed by atoms with E-state index >= 15 is 0 Å². The summed E-state index contributed by atoms with van der Waals surface area (Å²) in [7, 11) is 0. The molecule has 0 aliphatic carbocycles. The fourth-order valence-electron chi connectivity index (χ4n) is 3.96. The van der Waals surface area contributed by atoms with E-state index in [1.54, 1.807) is 13.0 Å². The lowest BCUT2D eigenvalue weighted by Crippen LogP contribution is -2.35. The van der Waals surface area contributed by atoms with Crippen LogP contribution in [-0.2, 0) is 11.3 Å². The molecule has 1 atom stereocenters. The Balaban J connectivity index is 1.44. The fraction of sp³-hybridized carbons (Fsp3) is 0.458. The zero-order valence-electron chi connectivity index (χ0n) is 17.4. The van der Waals surface area contributed by atoms with Crippen molar-refractivity contribution in [3.05, 3.63) is 59.4 Å². The van der Waals surface area contributed by atoms with Gasteiger partial charge in [-0.25, -0.2) is 4.39 Å². The smallest absolute Gasteiger partial charge is 0.224 e. The molecule has 1 aliphatic rings. The predicted octanol–water partition coefficient (Wildman–Crippen LogP) is 5.16. The molecule has 156 valence electrons. The first kappa shape index (κ1) is 21.3. The molecule has 1 aliphatic heterocycles. The third kappa shape index (κ3) is 6.57. The van der Waals surface area contributed by atoms with Crippen LogP contribution in [0, 0.1) is 18.7 Å². The van der Waals surface area contributed by atoms with Gasteiger partial charge in [-0.2, -0.15) is 0 Å². The minimum absolute atomic E-state index is 0.00310. The monoisotopic (exact) mass is 398 g/mol. The van der Waals surface area contributed by atoms with E-state index in [1.165, 1.54) is 30.5 Å². The van der Waals surface area contributed by atoms with Gasteiger partial charge in [-0.3, -0.25) is 9.69 Å². The summed E-state index contributed by atoms with van der Waals surface area (Å²) in [6.07, 6.45) is 3.72. The number of likely N-dealkylation sites (tertiary alicyclic amines) is 1. The van der Waals surface area contributed by atoms with Crippen molar-refractivity contribution < 1.29 is 13.9 Å². The number of amides is 1. The van der Waals surface area contributed by atoms with Crippen molar-refractivity contribution in [2.75, 3.05) is 25.0 Å². The van der Waals surface area contributed by atoms with Crippen LogP contribution in [-0.4, -0.2) is 30.5 Å². The van der Waals surface area contributed by atoms with Crippen molar-refractivity contribution in [1.29, 1.82) is 0 Å². The summed E-state index contributed by atoms with van der Waals surface area (Å²) in [5, 5.41) is 2.91. The maximum Gasteiger partial charge on any atom is 0.224 e. The van der Waals surface area contributed by atoms with E-state index in [1.807, 2.05) is 19.1 Å². The zero-order valence-corrected chi connectivity index (χ0v) is 17.4. The minimum Gasteiger partial charge on any atom is -0.494 e. The van der Waals surface area contributed by atoms with E-state index in [9.17, 15) is 9.18 Å². The Labute approximate surface area is 173 Å². The number of benzene rings is 2. The van der Waals surface area contributed by atoms with Crippen molar-refractivity contribution in [2.24, 2.45) is 5.92 Å². The molecule has 1 saturated heterocycles. The summed E-state index contributed by atoms with van der Waals surface area (Å²) < 4.78 is 18.7. The lowest BCUT2D eigenvalue weighted by Gasteiger charge is -2.32. The number of nitrogens with zero attached hydrogens (tertiary/aromatic N) is 1. The summed E-state index contributed by atoms with van der Waals surface area (Å²) in [4.78, 5) is 14.8. The average molecular weight is 399 g/mol. The van der Waals surface area contributed by atoms with Gasteiger partial charge in [-0.1, -0.05) is 12.1 Å². The third-order valence-corrected chi connectivity index (χ3v) is 5.49. The van der Waals surface area contributed by atoms with E-state index in [-0.39, 0.29) is 11.7 Å². The molecule has 0 aromatic heterocycles. The number of aryl methyl sites for hydroxylation is 1. The summed E-state index contributed by atoms with van der Waals surface area (Å²) in [5.74, 6) is 1.17. The number of hydrogen-bond donors (Lipinski definition) is 1. The number of piperidine rings is 1. The molecule has 1 heterocycles. The van der Waals surface area contributed by atoms with E-state index in [2.05, 4.69) is 22.3 Å². The molecule has 5 heteroatoms. The van der Waals surface area contributed by atoms with Crippen LogP contribution in [0.5, 0.6) is 5.75 Å². The van der Waals surface area contributed by atoms with Crippen molar-refractivity contribution in [2.45, 2.75) is 46.1 Å². The third-order valence-electron chi connectivity index (χ3n) is 5.49. The number of halogens is 1. The Morgan fingerprint density at radius 1 is 1.24 bits per heavy atom. The number of hydrogen-bond acceptors (Lipinski definition) is 3. The Morgan fingerprint density at radius 2 is 2.03 bits per heavy atom. The molecule has 29 heavy (non-hydrogen) atoms. The van der Waals surface area contributed by atoms with E-state index < -0.39 is 0 Å². The van der Waals surface area contributed by atoms with E-state index in [0.717, 1.165) is 37.4 Å². The second-order valence-corrected chi connectivity index (χ2v) is 7.87. The quantitative estimate of drug-likeness (QED) is 0.667.